The van der Waals surface area contributed by atoms with Gasteiger partial charge in [-0.05, 0) is 38.1 Å². The number of thiazole rings is 1. The van der Waals surface area contributed by atoms with Gasteiger partial charge < -0.3 is 0 Å². The van der Waals surface area contributed by atoms with Crippen LogP contribution in [-0.4, -0.2) is 48.8 Å². The number of nitriles is 1. The first-order valence-corrected chi connectivity index (χ1v) is 10.6. The van der Waals surface area contributed by atoms with E-state index in [0.29, 0.717) is 32.6 Å². The Balaban J connectivity index is 1.72. The van der Waals surface area contributed by atoms with Crippen LogP contribution >= 0.6 is 11.3 Å². The molecule has 1 aliphatic heterocycles. The first kappa shape index (κ1) is 18.9. The summed E-state index contributed by atoms with van der Waals surface area (Å²) in [6.45, 7) is 4.80. The number of sulfonamides is 1. The first-order valence-electron chi connectivity index (χ1n) is 8.23. The Hall–Kier alpha value is -1.86. The van der Waals surface area contributed by atoms with Gasteiger partial charge in [-0.15, -0.1) is 11.3 Å². The molecule has 138 valence electrons. The lowest BCUT2D eigenvalue weighted by Crippen LogP contribution is -2.35. The molecule has 0 N–H and O–H groups in total. The predicted octanol–water partition coefficient (Wildman–Crippen LogP) is 2.36. The molecule has 0 spiro atoms. The van der Waals surface area contributed by atoms with Crippen molar-refractivity contribution in [1.82, 2.24) is 14.2 Å². The minimum Gasteiger partial charge on any atom is -0.296 e. The van der Waals surface area contributed by atoms with E-state index >= 15 is 0 Å². The Bertz CT molecular complexity index is 936. The highest BCUT2D eigenvalue weighted by atomic mass is 32.2. The molecular formula is C17H19FN4O2S2. The highest BCUT2D eigenvalue weighted by Crippen LogP contribution is 2.21. The number of aromatic nitrogens is 1. The highest BCUT2D eigenvalue weighted by molar-refractivity contribution is 7.89. The molecule has 0 unspecified atom stereocenters. The fourth-order valence-electron chi connectivity index (χ4n) is 2.96. The summed E-state index contributed by atoms with van der Waals surface area (Å²) in [6, 6.07) is 5.03. The molecule has 0 radical (unpaired) electrons. The van der Waals surface area contributed by atoms with E-state index in [4.69, 9.17) is 5.26 Å². The van der Waals surface area contributed by atoms with Gasteiger partial charge in [0.15, 0.2) is 0 Å². The monoisotopic (exact) mass is 394 g/mol. The molecular weight excluding hydrogens is 375 g/mol. The maximum absolute atomic E-state index is 13.5. The van der Waals surface area contributed by atoms with Crippen molar-refractivity contribution in [2.24, 2.45) is 0 Å². The Kier molecular flexibility index (Phi) is 5.67. The number of hydrogen-bond donors (Lipinski definition) is 0. The summed E-state index contributed by atoms with van der Waals surface area (Å²) < 4.78 is 40.6. The van der Waals surface area contributed by atoms with Crippen molar-refractivity contribution >= 4 is 21.4 Å². The summed E-state index contributed by atoms with van der Waals surface area (Å²) in [6.07, 6.45) is 0.703. The van der Waals surface area contributed by atoms with Crippen LogP contribution in [0.2, 0.25) is 0 Å². The molecule has 0 atom stereocenters. The average molecular weight is 394 g/mol. The van der Waals surface area contributed by atoms with Gasteiger partial charge in [0.1, 0.15) is 11.9 Å². The summed E-state index contributed by atoms with van der Waals surface area (Å²) in [7, 11) is -3.75. The molecule has 1 aromatic heterocycles. The average Bonchev–Trinajstić information content (AvgIpc) is 2.87. The van der Waals surface area contributed by atoms with Crippen molar-refractivity contribution in [3.63, 3.8) is 0 Å². The van der Waals surface area contributed by atoms with Gasteiger partial charge in [0.05, 0.1) is 21.2 Å². The van der Waals surface area contributed by atoms with Crippen molar-refractivity contribution < 1.29 is 12.8 Å². The number of hydrogen-bond acceptors (Lipinski definition) is 6. The van der Waals surface area contributed by atoms with Gasteiger partial charge in [0.25, 0.3) is 0 Å². The highest BCUT2D eigenvalue weighted by Gasteiger charge is 2.27. The lowest BCUT2D eigenvalue weighted by Gasteiger charge is -2.21. The lowest BCUT2D eigenvalue weighted by atomic mass is 10.2. The molecule has 1 fully saturated rings. The molecule has 2 heterocycles. The van der Waals surface area contributed by atoms with Gasteiger partial charge in [-0.1, -0.05) is 0 Å². The molecule has 1 saturated heterocycles. The van der Waals surface area contributed by atoms with Crippen LogP contribution in [0, 0.1) is 24.1 Å². The van der Waals surface area contributed by atoms with Gasteiger partial charge in [-0.3, -0.25) is 4.90 Å². The van der Waals surface area contributed by atoms with Crippen molar-refractivity contribution in [2.75, 3.05) is 26.2 Å². The summed E-state index contributed by atoms with van der Waals surface area (Å²) >= 11 is 1.60. The Labute approximate surface area is 156 Å². The Morgan fingerprint density at radius 1 is 1.31 bits per heavy atom. The van der Waals surface area contributed by atoms with Crippen LogP contribution in [0.4, 0.5) is 4.39 Å². The molecule has 1 aliphatic rings. The normalized spacial score (nSPS) is 17.0. The zero-order valence-electron chi connectivity index (χ0n) is 14.4. The van der Waals surface area contributed by atoms with Crippen LogP contribution in [0.5, 0.6) is 0 Å². The molecule has 0 aliphatic carbocycles. The topological polar surface area (TPSA) is 77.3 Å². The number of benzene rings is 1. The maximum Gasteiger partial charge on any atom is 0.243 e. The van der Waals surface area contributed by atoms with Crippen molar-refractivity contribution in [1.29, 1.82) is 5.26 Å². The van der Waals surface area contributed by atoms with E-state index in [1.54, 1.807) is 17.4 Å². The zero-order chi connectivity index (χ0) is 18.7. The van der Waals surface area contributed by atoms with E-state index < -0.39 is 15.8 Å². The first-order chi connectivity index (χ1) is 12.4. The van der Waals surface area contributed by atoms with Crippen molar-refractivity contribution in [3.8, 4) is 6.07 Å². The number of rotatable bonds is 4. The minimum absolute atomic E-state index is 0.0426. The largest absolute Gasteiger partial charge is 0.296 e. The summed E-state index contributed by atoms with van der Waals surface area (Å²) in [5.41, 5.74) is 0.738. The molecule has 6 nitrogen and oxygen atoms in total. The minimum atomic E-state index is -3.75. The van der Waals surface area contributed by atoms with Gasteiger partial charge in [0.2, 0.25) is 10.0 Å². The van der Waals surface area contributed by atoms with Crippen LogP contribution in [-0.2, 0) is 16.6 Å². The fourth-order valence-corrected chi connectivity index (χ4v) is 5.06. The number of halogens is 1. The van der Waals surface area contributed by atoms with Gasteiger partial charge in [-0.25, -0.2) is 17.8 Å². The van der Waals surface area contributed by atoms with E-state index in [2.05, 4.69) is 9.88 Å². The van der Waals surface area contributed by atoms with Crippen molar-refractivity contribution in [2.45, 2.75) is 24.8 Å². The third-order valence-corrected chi connectivity index (χ3v) is 7.01. The SMILES string of the molecule is Cc1nc(CN2CCCN(S(=O)(=O)c3ccc(F)c(C#N)c3)CC2)cs1. The standard InChI is InChI=1S/C17H19FN4O2S2/c1-13-20-15(12-25-13)11-21-5-2-6-22(8-7-21)26(23,24)16-3-4-17(18)14(9-16)10-19/h3-4,9,12H,2,5-8,11H2,1H3. The summed E-state index contributed by atoms with van der Waals surface area (Å²) in [4.78, 5) is 6.60. The molecule has 26 heavy (non-hydrogen) atoms. The number of nitrogens with zero attached hydrogens (tertiary/aromatic N) is 4. The van der Waals surface area contributed by atoms with Gasteiger partial charge in [-0.2, -0.15) is 9.57 Å². The van der Waals surface area contributed by atoms with Crippen LogP contribution in [0.3, 0.4) is 0 Å². The van der Waals surface area contributed by atoms with E-state index in [-0.39, 0.29) is 10.5 Å². The van der Waals surface area contributed by atoms with Crippen LogP contribution in [0.1, 0.15) is 22.7 Å². The Morgan fingerprint density at radius 3 is 2.81 bits per heavy atom. The van der Waals surface area contributed by atoms with Crippen LogP contribution < -0.4 is 0 Å². The van der Waals surface area contributed by atoms with E-state index in [1.165, 1.54) is 10.4 Å². The predicted molar refractivity (Wildman–Crippen MR) is 96.6 cm³/mol. The quantitative estimate of drug-likeness (QED) is 0.796. The second-order valence-electron chi connectivity index (χ2n) is 6.15. The summed E-state index contributed by atoms with van der Waals surface area (Å²) in [5, 5.41) is 12.0. The molecule has 0 saturated carbocycles. The molecule has 3 rings (SSSR count). The molecule has 0 amide bonds. The third kappa shape index (κ3) is 4.10. The van der Waals surface area contributed by atoms with Crippen LogP contribution in [0.15, 0.2) is 28.5 Å². The molecule has 2 aromatic rings. The number of aryl methyl sites for hydroxylation is 1. The molecule has 9 heteroatoms. The van der Waals surface area contributed by atoms with Gasteiger partial charge in [0, 0.05) is 31.6 Å². The Morgan fingerprint density at radius 2 is 2.12 bits per heavy atom. The van der Waals surface area contributed by atoms with Gasteiger partial charge >= 0.3 is 0 Å². The fraction of sp³-hybridized carbons (Fsp3) is 0.412. The van der Waals surface area contributed by atoms with E-state index in [0.717, 1.165) is 29.4 Å². The maximum atomic E-state index is 13.5. The van der Waals surface area contributed by atoms with Crippen LogP contribution in [0.25, 0.3) is 0 Å². The van der Waals surface area contributed by atoms with Crippen molar-refractivity contribution in [3.05, 3.63) is 45.7 Å². The lowest BCUT2D eigenvalue weighted by molar-refractivity contribution is 0.276. The molecule has 0 bridgehead atoms. The third-order valence-electron chi connectivity index (χ3n) is 4.30. The second kappa shape index (κ2) is 7.80. The zero-order valence-corrected chi connectivity index (χ0v) is 16.0. The summed E-state index contributed by atoms with van der Waals surface area (Å²) in [5.74, 6) is -0.716. The second-order valence-corrected chi connectivity index (χ2v) is 9.15. The molecule has 1 aromatic carbocycles. The van der Waals surface area contributed by atoms with E-state index in [1.807, 2.05) is 12.3 Å². The van der Waals surface area contributed by atoms with E-state index in [9.17, 15) is 12.8 Å². The smallest absolute Gasteiger partial charge is 0.243 e.